The number of esters is 1. The summed E-state index contributed by atoms with van der Waals surface area (Å²) in [5, 5.41) is 0. The molecule has 2 rings (SSSR count). The molecule has 18 heavy (non-hydrogen) atoms. The van der Waals surface area contributed by atoms with Gasteiger partial charge < -0.3 is 4.74 Å². The highest BCUT2D eigenvalue weighted by Crippen LogP contribution is 2.42. The molecule has 0 radical (unpaired) electrons. The Hall–Kier alpha value is -1.12. The Kier molecular flexibility index (Phi) is 4.56. The van der Waals surface area contributed by atoms with Crippen molar-refractivity contribution >= 4 is 11.8 Å². The van der Waals surface area contributed by atoms with Gasteiger partial charge in [-0.05, 0) is 55.9 Å². The molecule has 1 fully saturated rings. The summed E-state index contributed by atoms with van der Waals surface area (Å²) >= 11 is 0. The van der Waals surface area contributed by atoms with Gasteiger partial charge in [0.25, 0.3) is 0 Å². The number of Topliss-reactive ketones (excluding diaryl/α,β-unsaturated/α-hetero) is 1. The molecule has 0 spiro atoms. The van der Waals surface area contributed by atoms with Gasteiger partial charge in [-0.2, -0.15) is 0 Å². The minimum absolute atomic E-state index is 0.112. The molecular formula is C15H22O3. The Morgan fingerprint density at radius 2 is 2.17 bits per heavy atom. The first-order valence-electron chi connectivity index (χ1n) is 6.99. The van der Waals surface area contributed by atoms with Crippen LogP contribution in [0.2, 0.25) is 0 Å². The van der Waals surface area contributed by atoms with E-state index in [1.807, 2.05) is 0 Å². The monoisotopic (exact) mass is 250 g/mol. The Morgan fingerprint density at radius 3 is 2.72 bits per heavy atom. The van der Waals surface area contributed by atoms with E-state index in [2.05, 4.69) is 10.8 Å². The van der Waals surface area contributed by atoms with E-state index in [0.29, 0.717) is 24.0 Å². The zero-order valence-electron chi connectivity index (χ0n) is 11.1. The molecule has 2 aliphatic carbocycles. The molecule has 1 saturated carbocycles. The predicted molar refractivity (Wildman–Crippen MR) is 69.0 cm³/mol. The van der Waals surface area contributed by atoms with E-state index >= 15 is 0 Å². The Morgan fingerprint density at radius 1 is 1.39 bits per heavy atom. The molecule has 3 heteroatoms. The number of hydrogen-bond acceptors (Lipinski definition) is 3. The Labute approximate surface area is 109 Å². The van der Waals surface area contributed by atoms with Crippen molar-refractivity contribution in [2.45, 2.75) is 51.4 Å². The number of hydrogen-bond donors (Lipinski definition) is 0. The molecule has 0 bridgehead atoms. The van der Waals surface area contributed by atoms with Crippen LogP contribution in [0, 0.1) is 11.8 Å². The van der Waals surface area contributed by atoms with Crippen LogP contribution < -0.4 is 0 Å². The fraction of sp³-hybridized carbons (Fsp3) is 0.733. The maximum absolute atomic E-state index is 11.6. The summed E-state index contributed by atoms with van der Waals surface area (Å²) in [5.74, 6) is 1.63. The van der Waals surface area contributed by atoms with Crippen molar-refractivity contribution in [2.24, 2.45) is 11.8 Å². The van der Waals surface area contributed by atoms with Crippen LogP contribution >= 0.6 is 0 Å². The Bertz CT molecular complexity index is 357. The molecule has 0 saturated heterocycles. The third-order valence-electron chi connectivity index (χ3n) is 4.36. The second kappa shape index (κ2) is 6.17. The lowest BCUT2D eigenvalue weighted by atomic mass is 9.68. The largest absolute Gasteiger partial charge is 0.469 e. The first-order valence-corrected chi connectivity index (χ1v) is 6.99. The summed E-state index contributed by atoms with van der Waals surface area (Å²) in [6, 6.07) is 0. The van der Waals surface area contributed by atoms with Gasteiger partial charge in [-0.25, -0.2) is 0 Å². The smallest absolute Gasteiger partial charge is 0.305 e. The highest BCUT2D eigenvalue weighted by atomic mass is 16.5. The van der Waals surface area contributed by atoms with Gasteiger partial charge in [-0.3, -0.25) is 9.59 Å². The van der Waals surface area contributed by atoms with Crippen LogP contribution in [0.1, 0.15) is 51.4 Å². The highest BCUT2D eigenvalue weighted by molar-refractivity contribution is 5.97. The summed E-state index contributed by atoms with van der Waals surface area (Å²) in [5.41, 5.74) is 1.07. The van der Waals surface area contributed by atoms with E-state index in [0.717, 1.165) is 37.7 Å². The lowest BCUT2D eigenvalue weighted by Gasteiger charge is -2.37. The number of carbonyl (C=O) groups is 2. The first-order chi connectivity index (χ1) is 8.70. The molecule has 0 aromatic rings. The minimum atomic E-state index is -0.112. The lowest BCUT2D eigenvalue weighted by Crippen LogP contribution is -2.27. The summed E-state index contributed by atoms with van der Waals surface area (Å²) < 4.78 is 4.64. The van der Waals surface area contributed by atoms with Gasteiger partial charge >= 0.3 is 5.97 Å². The zero-order chi connectivity index (χ0) is 13.0. The summed E-state index contributed by atoms with van der Waals surface area (Å²) in [6.45, 7) is 0. The summed E-state index contributed by atoms with van der Waals surface area (Å²) in [6.07, 6.45) is 9.79. The predicted octanol–water partition coefficient (Wildman–Crippen LogP) is 3.04. The van der Waals surface area contributed by atoms with Crippen LogP contribution in [-0.2, 0) is 14.3 Å². The molecule has 0 aromatic heterocycles. The van der Waals surface area contributed by atoms with Crippen LogP contribution in [-0.4, -0.2) is 18.9 Å². The second-order valence-corrected chi connectivity index (χ2v) is 5.46. The molecular weight excluding hydrogens is 228 g/mol. The zero-order valence-corrected chi connectivity index (χ0v) is 11.1. The van der Waals surface area contributed by atoms with E-state index in [-0.39, 0.29) is 5.97 Å². The van der Waals surface area contributed by atoms with Gasteiger partial charge in [0.1, 0.15) is 0 Å². The third-order valence-corrected chi connectivity index (χ3v) is 4.36. The molecule has 0 N–H and O–H groups in total. The number of carbonyl (C=O) groups excluding carboxylic acids is 2. The van der Waals surface area contributed by atoms with E-state index in [4.69, 9.17) is 0 Å². The SMILES string of the molecule is COC(=O)CCCC1CC[C@@H]1CC1=CCCC1=O. The van der Waals surface area contributed by atoms with E-state index < -0.39 is 0 Å². The molecule has 3 nitrogen and oxygen atoms in total. The second-order valence-electron chi connectivity index (χ2n) is 5.46. The maximum atomic E-state index is 11.6. The van der Waals surface area contributed by atoms with Gasteiger partial charge in [0.2, 0.25) is 0 Å². The average Bonchev–Trinajstić information content (AvgIpc) is 2.75. The maximum Gasteiger partial charge on any atom is 0.305 e. The van der Waals surface area contributed by atoms with Crippen LogP contribution in [0.15, 0.2) is 11.6 Å². The fourth-order valence-corrected chi connectivity index (χ4v) is 3.03. The van der Waals surface area contributed by atoms with Gasteiger partial charge in [0, 0.05) is 12.8 Å². The van der Waals surface area contributed by atoms with Crippen LogP contribution in [0.3, 0.4) is 0 Å². The van der Waals surface area contributed by atoms with Gasteiger partial charge in [-0.1, -0.05) is 6.08 Å². The normalized spacial score (nSPS) is 26.7. The van der Waals surface area contributed by atoms with E-state index in [1.54, 1.807) is 0 Å². The summed E-state index contributed by atoms with van der Waals surface area (Å²) in [4.78, 5) is 22.6. The van der Waals surface area contributed by atoms with Crippen molar-refractivity contribution in [3.63, 3.8) is 0 Å². The third kappa shape index (κ3) is 3.21. The first kappa shape index (κ1) is 13.3. The Balaban J connectivity index is 1.68. The van der Waals surface area contributed by atoms with Crippen LogP contribution in [0.5, 0.6) is 0 Å². The topological polar surface area (TPSA) is 43.4 Å². The minimum Gasteiger partial charge on any atom is -0.469 e. The van der Waals surface area contributed by atoms with Crippen molar-refractivity contribution in [2.75, 3.05) is 7.11 Å². The molecule has 0 heterocycles. The lowest BCUT2D eigenvalue weighted by molar-refractivity contribution is -0.140. The van der Waals surface area contributed by atoms with E-state index in [9.17, 15) is 9.59 Å². The summed E-state index contributed by atoms with van der Waals surface area (Å²) in [7, 11) is 1.44. The van der Waals surface area contributed by atoms with Gasteiger partial charge in [-0.15, -0.1) is 0 Å². The molecule has 0 amide bonds. The molecule has 100 valence electrons. The standard InChI is InChI=1S/C15H22O3/c1-18-15(17)7-3-4-11-8-9-12(11)10-13-5-2-6-14(13)16/h5,11-12H,2-4,6-10H2,1H3/t11?,12-/m1/s1. The highest BCUT2D eigenvalue weighted by Gasteiger charge is 2.32. The van der Waals surface area contributed by atoms with Crippen molar-refractivity contribution in [3.05, 3.63) is 11.6 Å². The average molecular weight is 250 g/mol. The number of rotatable bonds is 6. The molecule has 0 aliphatic heterocycles. The van der Waals surface area contributed by atoms with Crippen LogP contribution in [0.4, 0.5) is 0 Å². The molecule has 2 atom stereocenters. The van der Waals surface area contributed by atoms with Gasteiger partial charge in [0.05, 0.1) is 7.11 Å². The molecule has 2 aliphatic rings. The van der Waals surface area contributed by atoms with Gasteiger partial charge in [0.15, 0.2) is 5.78 Å². The number of ketones is 1. The van der Waals surface area contributed by atoms with Crippen molar-refractivity contribution in [1.29, 1.82) is 0 Å². The quantitative estimate of drug-likeness (QED) is 0.680. The van der Waals surface area contributed by atoms with Crippen molar-refractivity contribution < 1.29 is 14.3 Å². The molecule has 0 aromatic carbocycles. The number of ether oxygens (including phenoxy) is 1. The van der Waals surface area contributed by atoms with Crippen molar-refractivity contribution in [3.8, 4) is 0 Å². The van der Waals surface area contributed by atoms with Crippen LogP contribution in [0.25, 0.3) is 0 Å². The number of allylic oxidation sites excluding steroid dienone is 2. The van der Waals surface area contributed by atoms with E-state index in [1.165, 1.54) is 20.0 Å². The number of methoxy groups -OCH3 is 1. The molecule has 1 unspecified atom stereocenters. The van der Waals surface area contributed by atoms with Crippen molar-refractivity contribution in [1.82, 2.24) is 0 Å². The fourth-order valence-electron chi connectivity index (χ4n) is 3.03.